The lowest BCUT2D eigenvalue weighted by Crippen LogP contribution is -2.03. The Bertz CT molecular complexity index is 1320. The fraction of sp³-hybridized carbons (Fsp3) is 0.0435. The quantitative estimate of drug-likeness (QED) is 0.328. The predicted octanol–water partition coefficient (Wildman–Crippen LogP) is 5.09. The first-order valence-electron chi connectivity index (χ1n) is 8.75. The van der Waals surface area contributed by atoms with E-state index in [4.69, 9.17) is 9.84 Å². The van der Waals surface area contributed by atoms with Gasteiger partial charge in [-0.2, -0.15) is 5.10 Å². The Balaban J connectivity index is 2.06. The Kier molecular flexibility index (Phi) is 3.44. The second kappa shape index (κ2) is 5.95. The fourth-order valence-corrected chi connectivity index (χ4v) is 3.75. The number of hydrogen-bond donors (Lipinski definition) is 0. The molecular formula is C23H16N2O2. The van der Waals surface area contributed by atoms with Gasteiger partial charge < -0.3 is 4.74 Å². The van der Waals surface area contributed by atoms with Crippen LogP contribution in [0.3, 0.4) is 0 Å². The maximum atomic E-state index is 12.8. The number of fused-ring (bicyclic) bond motifs is 6. The van der Waals surface area contributed by atoms with Gasteiger partial charge >= 0.3 is 5.97 Å². The predicted molar refractivity (Wildman–Crippen MR) is 107 cm³/mol. The molecule has 0 atom stereocenters. The molecule has 0 amide bonds. The number of esters is 1. The van der Waals surface area contributed by atoms with Crippen molar-refractivity contribution in [1.29, 1.82) is 0 Å². The SMILES string of the molecule is COC(=O)c1c(-c2ccccc2)nn2c3ccccc3c3ccccc3c12. The van der Waals surface area contributed by atoms with Gasteiger partial charge in [0.25, 0.3) is 0 Å². The van der Waals surface area contributed by atoms with Crippen LogP contribution in [0.5, 0.6) is 0 Å². The Labute approximate surface area is 155 Å². The number of aromatic nitrogens is 2. The molecule has 0 aliphatic rings. The highest BCUT2D eigenvalue weighted by Crippen LogP contribution is 2.35. The van der Waals surface area contributed by atoms with Crippen LogP contribution in [0.15, 0.2) is 78.9 Å². The normalized spacial score (nSPS) is 11.3. The van der Waals surface area contributed by atoms with Gasteiger partial charge in [-0.3, -0.25) is 0 Å². The molecule has 0 aliphatic heterocycles. The molecule has 0 bridgehead atoms. The number of hydrogen-bond acceptors (Lipinski definition) is 3. The van der Waals surface area contributed by atoms with Crippen LogP contribution in [0.4, 0.5) is 0 Å². The third-order valence-electron chi connectivity index (χ3n) is 4.93. The number of nitrogens with zero attached hydrogens (tertiary/aromatic N) is 2. The molecule has 130 valence electrons. The van der Waals surface area contributed by atoms with E-state index < -0.39 is 0 Å². The van der Waals surface area contributed by atoms with E-state index in [-0.39, 0.29) is 5.97 Å². The summed E-state index contributed by atoms with van der Waals surface area (Å²) in [5.41, 5.74) is 3.73. The van der Waals surface area contributed by atoms with Crippen LogP contribution in [0.1, 0.15) is 10.4 Å². The molecule has 0 N–H and O–H groups in total. The van der Waals surface area contributed by atoms with E-state index in [2.05, 4.69) is 12.1 Å². The number of carbonyl (C=O) groups is 1. The van der Waals surface area contributed by atoms with Crippen LogP contribution in [0, 0.1) is 0 Å². The van der Waals surface area contributed by atoms with Gasteiger partial charge in [-0.25, -0.2) is 9.31 Å². The molecule has 3 aromatic carbocycles. The minimum atomic E-state index is -0.385. The zero-order chi connectivity index (χ0) is 18.4. The van der Waals surface area contributed by atoms with E-state index in [0.29, 0.717) is 11.3 Å². The topological polar surface area (TPSA) is 43.6 Å². The molecule has 2 heterocycles. The fourth-order valence-electron chi connectivity index (χ4n) is 3.75. The highest BCUT2D eigenvalue weighted by molar-refractivity contribution is 6.18. The first-order valence-corrected chi connectivity index (χ1v) is 8.75. The van der Waals surface area contributed by atoms with Crippen LogP contribution in [0.25, 0.3) is 38.4 Å². The number of para-hydroxylation sites is 1. The van der Waals surface area contributed by atoms with Crippen molar-refractivity contribution in [3.8, 4) is 11.3 Å². The van der Waals surface area contributed by atoms with Crippen LogP contribution < -0.4 is 0 Å². The van der Waals surface area contributed by atoms with Gasteiger partial charge in [0.2, 0.25) is 0 Å². The number of ether oxygens (including phenoxy) is 1. The van der Waals surface area contributed by atoms with E-state index in [9.17, 15) is 4.79 Å². The van der Waals surface area contributed by atoms with Crippen molar-refractivity contribution < 1.29 is 9.53 Å². The molecule has 0 spiro atoms. The third kappa shape index (κ3) is 2.23. The minimum Gasteiger partial charge on any atom is -0.465 e. The lowest BCUT2D eigenvalue weighted by atomic mass is 10.0. The van der Waals surface area contributed by atoms with E-state index in [0.717, 1.165) is 32.8 Å². The van der Waals surface area contributed by atoms with Crippen molar-refractivity contribution in [3.63, 3.8) is 0 Å². The summed E-state index contributed by atoms with van der Waals surface area (Å²) in [6.45, 7) is 0. The minimum absolute atomic E-state index is 0.385. The lowest BCUT2D eigenvalue weighted by molar-refractivity contribution is 0.0604. The summed E-state index contributed by atoms with van der Waals surface area (Å²) in [7, 11) is 1.41. The van der Waals surface area contributed by atoms with Crippen molar-refractivity contribution in [1.82, 2.24) is 9.61 Å². The molecule has 4 nitrogen and oxygen atoms in total. The average molecular weight is 352 g/mol. The molecular weight excluding hydrogens is 336 g/mol. The summed E-state index contributed by atoms with van der Waals surface area (Å²) in [6.07, 6.45) is 0. The third-order valence-corrected chi connectivity index (χ3v) is 4.93. The summed E-state index contributed by atoms with van der Waals surface area (Å²) in [6, 6.07) is 25.9. The second-order valence-electron chi connectivity index (χ2n) is 6.40. The van der Waals surface area contributed by atoms with Crippen LogP contribution in [-0.4, -0.2) is 22.7 Å². The van der Waals surface area contributed by atoms with Gasteiger partial charge in [0.1, 0.15) is 11.3 Å². The van der Waals surface area contributed by atoms with E-state index in [1.807, 2.05) is 71.2 Å². The van der Waals surface area contributed by atoms with E-state index >= 15 is 0 Å². The van der Waals surface area contributed by atoms with Crippen LogP contribution in [-0.2, 0) is 4.74 Å². The largest absolute Gasteiger partial charge is 0.465 e. The molecule has 4 heteroatoms. The molecule has 0 saturated carbocycles. The molecule has 0 fully saturated rings. The van der Waals surface area contributed by atoms with Gasteiger partial charge in [-0.05, 0) is 11.5 Å². The highest BCUT2D eigenvalue weighted by Gasteiger charge is 2.24. The Morgan fingerprint density at radius 1 is 0.815 bits per heavy atom. The maximum absolute atomic E-state index is 12.8. The standard InChI is InChI=1S/C23H16N2O2/c1-27-23(26)20-21(15-9-3-2-4-10-15)24-25-19-14-8-7-12-17(19)16-11-5-6-13-18(16)22(20)25/h2-14H,1H3. The number of carbonyl (C=O) groups excluding carboxylic acids is 1. The van der Waals surface area contributed by atoms with Gasteiger partial charge in [-0.1, -0.05) is 72.8 Å². The molecule has 0 saturated heterocycles. The van der Waals surface area contributed by atoms with Crippen LogP contribution in [0.2, 0.25) is 0 Å². The molecule has 2 aromatic heterocycles. The van der Waals surface area contributed by atoms with Gasteiger partial charge in [0.05, 0.1) is 18.1 Å². The van der Waals surface area contributed by atoms with Gasteiger partial charge in [0, 0.05) is 16.3 Å². The summed E-state index contributed by atoms with van der Waals surface area (Å²) < 4.78 is 7.00. The summed E-state index contributed by atoms with van der Waals surface area (Å²) in [5, 5.41) is 8.01. The van der Waals surface area contributed by atoms with Gasteiger partial charge in [0.15, 0.2) is 0 Å². The Morgan fingerprint density at radius 2 is 1.44 bits per heavy atom. The van der Waals surface area contributed by atoms with Crippen molar-refractivity contribution >= 4 is 33.2 Å². The van der Waals surface area contributed by atoms with Crippen LogP contribution >= 0.6 is 0 Å². The Morgan fingerprint density at radius 3 is 2.19 bits per heavy atom. The first kappa shape index (κ1) is 15.6. The highest BCUT2D eigenvalue weighted by atomic mass is 16.5. The zero-order valence-corrected chi connectivity index (χ0v) is 14.7. The monoisotopic (exact) mass is 352 g/mol. The lowest BCUT2D eigenvalue weighted by Gasteiger charge is -2.08. The van der Waals surface area contributed by atoms with Gasteiger partial charge in [-0.15, -0.1) is 0 Å². The van der Waals surface area contributed by atoms with Crippen molar-refractivity contribution in [2.45, 2.75) is 0 Å². The number of benzene rings is 3. The van der Waals surface area contributed by atoms with Crippen molar-refractivity contribution in [3.05, 3.63) is 84.4 Å². The number of pyridine rings is 1. The van der Waals surface area contributed by atoms with E-state index in [1.165, 1.54) is 7.11 Å². The summed E-state index contributed by atoms with van der Waals surface area (Å²) in [5.74, 6) is -0.385. The van der Waals surface area contributed by atoms with Crippen molar-refractivity contribution in [2.24, 2.45) is 0 Å². The number of rotatable bonds is 2. The molecule has 0 radical (unpaired) electrons. The summed E-state index contributed by atoms with van der Waals surface area (Å²) in [4.78, 5) is 12.8. The average Bonchev–Trinajstić information content (AvgIpc) is 3.15. The summed E-state index contributed by atoms with van der Waals surface area (Å²) >= 11 is 0. The molecule has 0 aliphatic carbocycles. The maximum Gasteiger partial charge on any atom is 0.342 e. The Hall–Kier alpha value is -3.66. The molecule has 0 unspecified atom stereocenters. The number of methoxy groups -OCH3 is 1. The first-order chi connectivity index (χ1) is 13.3. The molecule has 27 heavy (non-hydrogen) atoms. The van der Waals surface area contributed by atoms with E-state index in [1.54, 1.807) is 0 Å². The zero-order valence-electron chi connectivity index (χ0n) is 14.7. The smallest absolute Gasteiger partial charge is 0.342 e. The molecule has 5 aromatic rings. The second-order valence-corrected chi connectivity index (χ2v) is 6.40. The molecule has 5 rings (SSSR count). The van der Waals surface area contributed by atoms with Crippen molar-refractivity contribution in [2.75, 3.05) is 7.11 Å².